The zero-order chi connectivity index (χ0) is 28.2. The number of ketones is 1. The minimum atomic E-state index is -1.26. The molecule has 4 atom stereocenters. The number of aromatic hydroxyl groups is 1. The summed E-state index contributed by atoms with van der Waals surface area (Å²) in [6.45, 7) is 1.86. The van der Waals surface area contributed by atoms with Crippen LogP contribution in [0.1, 0.15) is 42.4 Å². The van der Waals surface area contributed by atoms with E-state index in [0.29, 0.717) is 36.3 Å². The summed E-state index contributed by atoms with van der Waals surface area (Å²) >= 11 is 0. The Morgan fingerprint density at radius 1 is 1.05 bits per heavy atom. The Morgan fingerprint density at radius 2 is 1.75 bits per heavy atom. The number of aliphatic hydroxyl groups is 1. The molecule has 0 unspecified atom stereocenters. The number of phenolic OH excluding ortho intramolecular Hbond substituents is 1. The van der Waals surface area contributed by atoms with Crippen LogP contribution in [0.4, 0.5) is 0 Å². The number of hydrogen-bond acceptors (Lipinski definition) is 7. The number of carbonyl (C=O) groups excluding carboxylic acids is 1. The molecule has 2 aromatic rings. The summed E-state index contributed by atoms with van der Waals surface area (Å²) in [7, 11) is 0. The minimum absolute atomic E-state index is 0.0572. The van der Waals surface area contributed by atoms with Crippen LogP contribution < -0.4 is 4.74 Å². The molecule has 1 saturated heterocycles. The Balaban J connectivity index is 0.000000319. The number of Topliss-reactive ketones (excluding diaryl/α,β-unsaturated/α-hetero) is 1. The Morgan fingerprint density at radius 3 is 2.40 bits per heavy atom. The van der Waals surface area contributed by atoms with Crippen molar-refractivity contribution >= 4 is 23.8 Å². The van der Waals surface area contributed by atoms with Crippen LogP contribution in [-0.4, -0.2) is 73.9 Å². The number of phenols is 1. The van der Waals surface area contributed by atoms with Crippen molar-refractivity contribution < 1.29 is 39.5 Å². The summed E-state index contributed by atoms with van der Waals surface area (Å²) in [6.07, 6.45) is 6.49. The number of rotatable bonds is 5. The Labute approximate surface area is 231 Å². The van der Waals surface area contributed by atoms with Gasteiger partial charge in [-0.2, -0.15) is 0 Å². The topological polar surface area (TPSA) is 145 Å². The first-order chi connectivity index (χ1) is 19.1. The van der Waals surface area contributed by atoms with Crippen LogP contribution in [0.15, 0.2) is 60.2 Å². The van der Waals surface area contributed by atoms with Gasteiger partial charge in [0.25, 0.3) is 0 Å². The highest BCUT2D eigenvalue weighted by molar-refractivity contribution is 6.06. The van der Waals surface area contributed by atoms with Crippen LogP contribution in [0, 0.1) is 5.92 Å². The Bertz CT molecular complexity index is 1430. The molecule has 208 valence electrons. The van der Waals surface area contributed by atoms with Crippen LogP contribution in [0.3, 0.4) is 0 Å². The van der Waals surface area contributed by atoms with Gasteiger partial charge in [-0.25, -0.2) is 9.59 Å². The van der Waals surface area contributed by atoms with E-state index in [2.05, 4.69) is 4.90 Å². The van der Waals surface area contributed by atoms with E-state index < -0.39 is 29.1 Å². The first kappa shape index (κ1) is 26.3. The van der Waals surface area contributed by atoms with Crippen molar-refractivity contribution in [1.82, 2.24) is 4.90 Å². The quantitative estimate of drug-likeness (QED) is 0.417. The molecule has 5 aliphatic rings. The number of likely N-dealkylation sites (tertiary alicyclic amines) is 1. The number of hydrogen-bond donors (Lipinski definition) is 4. The molecule has 4 N–H and O–H groups in total. The summed E-state index contributed by atoms with van der Waals surface area (Å²) in [4.78, 5) is 35.4. The number of aliphatic carboxylic acids is 2. The van der Waals surface area contributed by atoms with Gasteiger partial charge >= 0.3 is 11.9 Å². The highest BCUT2D eigenvalue weighted by Crippen LogP contribution is 2.65. The van der Waals surface area contributed by atoms with Gasteiger partial charge in [0.15, 0.2) is 23.4 Å². The first-order valence-corrected chi connectivity index (χ1v) is 13.6. The molecule has 3 fully saturated rings. The highest BCUT2D eigenvalue weighted by Gasteiger charge is 2.74. The molecule has 9 heteroatoms. The zero-order valence-electron chi connectivity index (χ0n) is 21.8. The van der Waals surface area contributed by atoms with Gasteiger partial charge in [-0.1, -0.05) is 36.4 Å². The molecule has 3 aliphatic carbocycles. The van der Waals surface area contributed by atoms with Crippen molar-refractivity contribution in [1.29, 1.82) is 0 Å². The molecule has 0 radical (unpaired) electrons. The summed E-state index contributed by atoms with van der Waals surface area (Å²) in [6, 6.07) is 13.4. The number of carbonyl (C=O) groups is 3. The highest BCUT2D eigenvalue weighted by atomic mass is 16.5. The van der Waals surface area contributed by atoms with Crippen molar-refractivity contribution in [2.24, 2.45) is 5.92 Å². The Kier molecular flexibility index (Phi) is 6.31. The van der Waals surface area contributed by atoms with E-state index in [1.54, 1.807) is 6.07 Å². The van der Waals surface area contributed by atoms with Crippen LogP contribution >= 0.6 is 0 Å². The van der Waals surface area contributed by atoms with Gasteiger partial charge in [0.1, 0.15) is 0 Å². The molecule has 7 rings (SSSR count). The van der Waals surface area contributed by atoms with Crippen LogP contribution in [0.25, 0.3) is 6.08 Å². The van der Waals surface area contributed by atoms with Crippen molar-refractivity contribution in [3.05, 3.63) is 76.9 Å². The van der Waals surface area contributed by atoms with Crippen LogP contribution in [0.2, 0.25) is 0 Å². The molecule has 2 heterocycles. The van der Waals surface area contributed by atoms with E-state index in [9.17, 15) is 24.6 Å². The van der Waals surface area contributed by atoms with Gasteiger partial charge in [0.2, 0.25) is 0 Å². The fraction of sp³-hybridized carbons (Fsp3) is 0.387. The summed E-state index contributed by atoms with van der Waals surface area (Å²) in [5.41, 5.74) is 1.67. The minimum Gasteiger partial charge on any atom is -0.504 e. The predicted octanol–water partition coefficient (Wildman–Crippen LogP) is 2.93. The lowest BCUT2D eigenvalue weighted by Gasteiger charge is -2.62. The van der Waals surface area contributed by atoms with Crippen LogP contribution in [-0.2, 0) is 26.2 Å². The van der Waals surface area contributed by atoms with E-state index in [-0.39, 0.29) is 17.6 Å². The molecule has 0 aromatic heterocycles. The third-order valence-corrected chi connectivity index (χ3v) is 9.04. The second-order valence-electron chi connectivity index (χ2n) is 11.4. The number of piperidine rings is 1. The molecule has 1 spiro atoms. The molecular formula is C31H31NO8. The third-order valence-electron chi connectivity index (χ3n) is 9.04. The smallest absolute Gasteiger partial charge is 0.328 e. The van der Waals surface area contributed by atoms with E-state index in [4.69, 9.17) is 14.9 Å². The maximum absolute atomic E-state index is 13.8. The van der Waals surface area contributed by atoms with Gasteiger partial charge < -0.3 is 25.2 Å². The average molecular weight is 546 g/mol. The van der Waals surface area contributed by atoms with Gasteiger partial charge in [-0.05, 0) is 61.4 Å². The standard InChI is InChI=1S/C27H27NO4.C4H4O4/c29-20-9-8-18-13-21-27(31)14-19(12-16-4-2-1-3-5-16)23(30)25-26(27,22(18)24(20)32-25)10-11-28(21)15-17-6-7-17;5-3(6)1-2-4(7)8/h1-5,8-9,12,17,21,25,29,31H,6-7,10-11,13-15H2;1-2H,(H,5,6)(H,7,8)/t21-,25+,26-,27+;/m1./s1. The fourth-order valence-corrected chi connectivity index (χ4v) is 7.20. The van der Waals surface area contributed by atoms with Gasteiger partial charge in [0.05, 0.1) is 11.0 Å². The SMILES string of the molecule is O=C(O)C=CC(=O)O.O=C1C(=Cc2ccccc2)C[C@]2(O)[C@H]3Cc4ccc(O)c5c4[C@]2(CCN3CC2CC2)[C@H]1O5. The number of carboxylic acids is 2. The van der Waals surface area contributed by atoms with E-state index in [0.717, 1.165) is 42.1 Å². The molecule has 2 aliphatic heterocycles. The number of nitrogens with zero attached hydrogens (tertiary/aromatic N) is 1. The van der Waals surface area contributed by atoms with Gasteiger partial charge in [0, 0.05) is 42.3 Å². The lowest BCUT2D eigenvalue weighted by molar-refractivity contribution is -0.179. The molecule has 2 bridgehead atoms. The normalized spacial score (nSPS) is 30.8. The lowest BCUT2D eigenvalue weighted by atomic mass is 9.48. The third kappa shape index (κ3) is 4.12. The Hall–Kier alpha value is -3.95. The number of ether oxygens (including phenoxy) is 1. The number of carboxylic acid groups (broad SMARTS) is 2. The van der Waals surface area contributed by atoms with E-state index >= 15 is 0 Å². The number of benzene rings is 2. The molecule has 0 amide bonds. The van der Waals surface area contributed by atoms with Crippen LogP contribution in [0.5, 0.6) is 11.5 Å². The largest absolute Gasteiger partial charge is 0.504 e. The van der Waals surface area contributed by atoms with Crippen molar-refractivity contribution in [3.8, 4) is 11.5 Å². The zero-order valence-corrected chi connectivity index (χ0v) is 21.8. The second kappa shape index (κ2) is 9.60. The first-order valence-electron chi connectivity index (χ1n) is 13.6. The average Bonchev–Trinajstić information content (AvgIpc) is 3.66. The molecule has 9 nitrogen and oxygen atoms in total. The lowest BCUT2D eigenvalue weighted by Crippen LogP contribution is -2.77. The fourth-order valence-electron chi connectivity index (χ4n) is 7.20. The molecule has 2 saturated carbocycles. The summed E-state index contributed by atoms with van der Waals surface area (Å²) < 4.78 is 6.26. The predicted molar refractivity (Wildman–Crippen MR) is 144 cm³/mol. The van der Waals surface area contributed by atoms with Gasteiger partial charge in [-0.15, -0.1) is 0 Å². The maximum Gasteiger partial charge on any atom is 0.328 e. The van der Waals surface area contributed by atoms with E-state index in [1.165, 1.54) is 12.8 Å². The van der Waals surface area contributed by atoms with Crippen molar-refractivity contribution in [2.45, 2.75) is 55.3 Å². The van der Waals surface area contributed by atoms with Crippen molar-refractivity contribution in [3.63, 3.8) is 0 Å². The molecule has 40 heavy (non-hydrogen) atoms. The van der Waals surface area contributed by atoms with Gasteiger partial charge in [-0.3, -0.25) is 9.69 Å². The van der Waals surface area contributed by atoms with E-state index in [1.807, 2.05) is 42.5 Å². The molecular weight excluding hydrogens is 514 g/mol. The summed E-state index contributed by atoms with van der Waals surface area (Å²) in [5, 5.41) is 38.8. The summed E-state index contributed by atoms with van der Waals surface area (Å²) in [5.74, 6) is -1.37. The molecule has 2 aromatic carbocycles. The maximum atomic E-state index is 13.8. The second-order valence-corrected chi connectivity index (χ2v) is 11.4. The monoisotopic (exact) mass is 545 g/mol. The van der Waals surface area contributed by atoms with Crippen molar-refractivity contribution in [2.75, 3.05) is 13.1 Å².